The van der Waals surface area contributed by atoms with Crippen molar-refractivity contribution in [2.75, 3.05) is 0 Å². The van der Waals surface area contributed by atoms with Crippen LogP contribution in [0.2, 0.25) is 5.15 Å². The van der Waals surface area contributed by atoms with E-state index in [1.54, 1.807) is 31.5 Å². The number of nitrogens with one attached hydrogen (secondary N) is 1. The van der Waals surface area contributed by atoms with Gasteiger partial charge in [-0.1, -0.05) is 17.7 Å². The molecule has 3 aromatic rings. The number of benzene rings is 1. The van der Waals surface area contributed by atoms with E-state index in [1.807, 2.05) is 19.1 Å². The Kier molecular flexibility index (Phi) is 4.81. The van der Waals surface area contributed by atoms with Crippen LogP contribution < -0.4 is 5.32 Å². The summed E-state index contributed by atoms with van der Waals surface area (Å²) < 4.78 is 14.5. The van der Waals surface area contributed by atoms with Crippen molar-refractivity contribution in [2.24, 2.45) is 0 Å². The number of rotatable bonds is 4. The lowest BCUT2D eigenvalue weighted by atomic mass is 10.1. The molecule has 2 heterocycles. The predicted octanol–water partition coefficient (Wildman–Crippen LogP) is 3.86. The molecule has 5 nitrogen and oxygen atoms in total. The van der Waals surface area contributed by atoms with Crippen molar-refractivity contribution in [1.82, 2.24) is 20.1 Å². The highest BCUT2D eigenvalue weighted by molar-refractivity contribution is 6.33. The molecule has 1 amide bonds. The van der Waals surface area contributed by atoms with Crippen molar-refractivity contribution in [3.05, 3.63) is 76.6 Å². The van der Waals surface area contributed by atoms with Crippen molar-refractivity contribution in [3.63, 3.8) is 0 Å². The molecule has 25 heavy (non-hydrogen) atoms. The molecule has 0 aliphatic carbocycles. The van der Waals surface area contributed by atoms with Gasteiger partial charge in [0.05, 0.1) is 23.0 Å². The zero-order valence-corrected chi connectivity index (χ0v) is 14.5. The Balaban J connectivity index is 1.87. The minimum Gasteiger partial charge on any atom is -0.345 e. The molecule has 0 bridgehead atoms. The molecule has 1 aromatic carbocycles. The fourth-order valence-electron chi connectivity index (χ4n) is 2.49. The average molecular weight is 359 g/mol. The number of halogens is 2. The molecule has 0 fully saturated rings. The van der Waals surface area contributed by atoms with Crippen molar-refractivity contribution in [1.29, 1.82) is 0 Å². The van der Waals surface area contributed by atoms with E-state index in [4.69, 9.17) is 11.6 Å². The summed E-state index contributed by atoms with van der Waals surface area (Å²) in [5.74, 6) is -0.681. The van der Waals surface area contributed by atoms with Crippen LogP contribution in [0.1, 0.15) is 34.6 Å². The Morgan fingerprint density at radius 2 is 2.00 bits per heavy atom. The first-order valence-corrected chi connectivity index (χ1v) is 8.07. The first-order chi connectivity index (χ1) is 12.0. The molecular formula is C18H16ClFN4O. The second kappa shape index (κ2) is 7.03. The van der Waals surface area contributed by atoms with Gasteiger partial charge in [0.2, 0.25) is 0 Å². The average Bonchev–Trinajstić information content (AvgIpc) is 2.91. The van der Waals surface area contributed by atoms with Crippen LogP contribution in [0.3, 0.4) is 0 Å². The van der Waals surface area contributed by atoms with Crippen LogP contribution in [0.25, 0.3) is 5.69 Å². The summed E-state index contributed by atoms with van der Waals surface area (Å²) >= 11 is 6.36. The van der Waals surface area contributed by atoms with Gasteiger partial charge in [-0.2, -0.15) is 5.10 Å². The number of carbonyl (C=O) groups excluding carboxylic acids is 1. The molecule has 0 aliphatic heterocycles. The van der Waals surface area contributed by atoms with Gasteiger partial charge in [-0.25, -0.2) is 9.07 Å². The Labute approximate surface area is 149 Å². The number of hydrogen-bond acceptors (Lipinski definition) is 3. The standard InChI is InChI=1S/C18H16ClFN4O/c1-11(13-4-3-9-21-10-13)22-18(25)16-12(2)23-24(17(16)19)15-7-5-14(20)6-8-15/h3-11H,1-2H3,(H,22,25). The molecule has 0 saturated heterocycles. The molecule has 128 valence electrons. The van der Waals surface area contributed by atoms with Gasteiger partial charge in [0.25, 0.3) is 5.91 Å². The number of pyridine rings is 1. The molecule has 7 heteroatoms. The van der Waals surface area contributed by atoms with Crippen molar-refractivity contribution < 1.29 is 9.18 Å². The maximum absolute atomic E-state index is 13.1. The maximum Gasteiger partial charge on any atom is 0.256 e. The molecule has 1 atom stereocenters. The Morgan fingerprint density at radius 3 is 2.64 bits per heavy atom. The van der Waals surface area contributed by atoms with Crippen molar-refractivity contribution in [2.45, 2.75) is 19.9 Å². The van der Waals surface area contributed by atoms with Gasteiger partial charge < -0.3 is 5.32 Å². The molecule has 2 aromatic heterocycles. The summed E-state index contributed by atoms with van der Waals surface area (Å²) in [6, 6.07) is 9.18. The van der Waals surface area contributed by atoms with Gasteiger partial charge >= 0.3 is 0 Å². The van der Waals surface area contributed by atoms with Crippen LogP contribution in [0.5, 0.6) is 0 Å². The topological polar surface area (TPSA) is 59.8 Å². The highest BCUT2D eigenvalue weighted by Gasteiger charge is 2.22. The lowest BCUT2D eigenvalue weighted by Crippen LogP contribution is -2.27. The Hall–Kier alpha value is -2.73. The van der Waals surface area contributed by atoms with Crippen LogP contribution in [-0.2, 0) is 0 Å². The second-order valence-electron chi connectivity index (χ2n) is 5.62. The molecule has 1 unspecified atom stereocenters. The quantitative estimate of drug-likeness (QED) is 0.770. The third kappa shape index (κ3) is 3.53. The number of aromatic nitrogens is 3. The third-order valence-corrected chi connectivity index (χ3v) is 4.18. The van der Waals surface area contributed by atoms with E-state index in [0.29, 0.717) is 16.9 Å². The zero-order chi connectivity index (χ0) is 18.0. The van der Waals surface area contributed by atoms with E-state index in [1.165, 1.54) is 16.8 Å². The SMILES string of the molecule is Cc1nn(-c2ccc(F)cc2)c(Cl)c1C(=O)NC(C)c1cccnc1. The fraction of sp³-hybridized carbons (Fsp3) is 0.167. The Bertz CT molecular complexity index is 893. The number of hydrogen-bond donors (Lipinski definition) is 1. The van der Waals surface area contributed by atoms with Gasteiger partial charge in [0.1, 0.15) is 11.0 Å². The molecule has 3 rings (SSSR count). The summed E-state index contributed by atoms with van der Waals surface area (Å²) in [6.45, 7) is 3.57. The first-order valence-electron chi connectivity index (χ1n) is 7.69. The molecule has 1 N–H and O–H groups in total. The van der Waals surface area contributed by atoms with Gasteiger partial charge in [-0.15, -0.1) is 0 Å². The highest BCUT2D eigenvalue weighted by Crippen LogP contribution is 2.24. The fourth-order valence-corrected chi connectivity index (χ4v) is 2.85. The number of aryl methyl sites for hydroxylation is 1. The molecular weight excluding hydrogens is 343 g/mol. The summed E-state index contributed by atoms with van der Waals surface area (Å²) in [7, 11) is 0. The van der Waals surface area contributed by atoms with Crippen molar-refractivity contribution >= 4 is 17.5 Å². The van der Waals surface area contributed by atoms with Crippen LogP contribution in [-0.4, -0.2) is 20.7 Å². The van der Waals surface area contributed by atoms with Crippen LogP contribution in [0, 0.1) is 12.7 Å². The molecule has 0 aliphatic rings. The highest BCUT2D eigenvalue weighted by atomic mass is 35.5. The normalized spacial score (nSPS) is 12.0. The van der Waals surface area contributed by atoms with E-state index in [0.717, 1.165) is 5.56 Å². The molecule has 0 saturated carbocycles. The monoisotopic (exact) mass is 358 g/mol. The Morgan fingerprint density at radius 1 is 1.28 bits per heavy atom. The van der Waals surface area contributed by atoms with Gasteiger partial charge in [-0.3, -0.25) is 9.78 Å². The van der Waals surface area contributed by atoms with Crippen LogP contribution >= 0.6 is 11.6 Å². The first kappa shape index (κ1) is 17.1. The molecule has 0 spiro atoms. The van der Waals surface area contributed by atoms with E-state index in [9.17, 15) is 9.18 Å². The van der Waals surface area contributed by atoms with Gasteiger partial charge in [0.15, 0.2) is 0 Å². The second-order valence-corrected chi connectivity index (χ2v) is 5.98. The number of nitrogens with zero attached hydrogens (tertiary/aromatic N) is 3. The van der Waals surface area contributed by atoms with E-state index in [2.05, 4.69) is 15.4 Å². The smallest absolute Gasteiger partial charge is 0.256 e. The van der Waals surface area contributed by atoms with Gasteiger partial charge in [-0.05, 0) is 49.7 Å². The minimum absolute atomic E-state index is 0.181. The van der Waals surface area contributed by atoms with Gasteiger partial charge in [0, 0.05) is 12.4 Å². The third-order valence-electron chi connectivity index (χ3n) is 3.83. The lowest BCUT2D eigenvalue weighted by molar-refractivity contribution is 0.0939. The minimum atomic E-state index is -0.355. The zero-order valence-electron chi connectivity index (χ0n) is 13.7. The molecule has 0 radical (unpaired) electrons. The van der Waals surface area contributed by atoms with E-state index >= 15 is 0 Å². The predicted molar refractivity (Wildman–Crippen MR) is 93.4 cm³/mol. The number of carbonyl (C=O) groups is 1. The lowest BCUT2D eigenvalue weighted by Gasteiger charge is -2.13. The number of amides is 1. The summed E-state index contributed by atoms with van der Waals surface area (Å²) in [5, 5.41) is 7.37. The van der Waals surface area contributed by atoms with Crippen molar-refractivity contribution in [3.8, 4) is 5.69 Å². The van der Waals surface area contributed by atoms with E-state index < -0.39 is 0 Å². The maximum atomic E-state index is 13.1. The van der Waals surface area contributed by atoms with Crippen LogP contribution in [0.15, 0.2) is 48.8 Å². The summed E-state index contributed by atoms with van der Waals surface area (Å²) in [5.41, 5.74) is 2.25. The largest absolute Gasteiger partial charge is 0.345 e. The summed E-state index contributed by atoms with van der Waals surface area (Å²) in [4.78, 5) is 16.7. The summed E-state index contributed by atoms with van der Waals surface area (Å²) in [6.07, 6.45) is 3.37. The van der Waals surface area contributed by atoms with Crippen LogP contribution in [0.4, 0.5) is 4.39 Å². The van der Waals surface area contributed by atoms with E-state index in [-0.39, 0.29) is 22.9 Å².